The average molecular weight is 649 g/mol. The van der Waals surface area contributed by atoms with Crippen LogP contribution in [0, 0.1) is 0 Å². The van der Waals surface area contributed by atoms with E-state index in [4.69, 9.17) is 28.4 Å². The molecule has 6 atom stereocenters. The minimum absolute atomic E-state index is 0.0395. The molecule has 0 aliphatic rings. The second kappa shape index (κ2) is 20.1. The van der Waals surface area contributed by atoms with Gasteiger partial charge in [0.05, 0.1) is 13.2 Å². The number of ether oxygens (including phenoxy) is 6. The Morgan fingerprint density at radius 2 is 0.935 bits per heavy atom. The van der Waals surface area contributed by atoms with Crippen LogP contribution in [0.15, 0.2) is 48.5 Å². The molecule has 0 fully saturated rings. The van der Waals surface area contributed by atoms with Crippen molar-refractivity contribution in [3.8, 4) is 11.5 Å². The van der Waals surface area contributed by atoms with Crippen molar-refractivity contribution >= 4 is 11.9 Å². The van der Waals surface area contributed by atoms with Crippen molar-refractivity contribution in [2.75, 3.05) is 27.4 Å². The number of hydrogen-bond donors (Lipinski definition) is 4. The summed E-state index contributed by atoms with van der Waals surface area (Å²) in [6.45, 7) is 11.9. The van der Waals surface area contributed by atoms with Gasteiger partial charge in [-0.05, 0) is 89.8 Å². The predicted octanol–water partition coefficient (Wildman–Crippen LogP) is 2.76. The molecule has 0 spiro atoms. The fraction of sp³-hybridized carbons (Fsp3) is 0.588. The second-order valence-corrected chi connectivity index (χ2v) is 11.7. The van der Waals surface area contributed by atoms with E-state index in [9.17, 15) is 19.8 Å². The molecule has 46 heavy (non-hydrogen) atoms. The molecule has 0 amide bonds. The topological polar surface area (TPSA) is 154 Å². The van der Waals surface area contributed by atoms with E-state index in [1.54, 1.807) is 52.3 Å². The molecule has 6 unspecified atom stereocenters. The molecule has 0 bridgehead atoms. The van der Waals surface area contributed by atoms with Crippen molar-refractivity contribution in [1.29, 1.82) is 0 Å². The number of carbonyl (C=O) groups excluding carboxylic acids is 2. The first-order valence-electron chi connectivity index (χ1n) is 15.6. The molecule has 0 heterocycles. The zero-order chi connectivity index (χ0) is 34.2. The summed E-state index contributed by atoms with van der Waals surface area (Å²) in [7, 11) is 3.29. The number of nitrogens with one attached hydrogen (secondary N) is 2. The van der Waals surface area contributed by atoms with Gasteiger partial charge in [-0.3, -0.25) is 10.6 Å². The smallest absolute Gasteiger partial charge is 0.338 e. The molecule has 0 saturated carbocycles. The number of aliphatic hydroxyl groups excluding tert-OH is 2. The second-order valence-electron chi connectivity index (χ2n) is 11.7. The van der Waals surface area contributed by atoms with Gasteiger partial charge in [-0.25, -0.2) is 9.59 Å². The average Bonchev–Trinajstić information content (AvgIpc) is 3.02. The van der Waals surface area contributed by atoms with Gasteiger partial charge in [0.2, 0.25) is 0 Å². The van der Waals surface area contributed by atoms with Crippen molar-refractivity contribution in [2.24, 2.45) is 0 Å². The normalized spacial score (nSPS) is 15.5. The number of aliphatic hydroxyl groups is 2. The summed E-state index contributed by atoms with van der Waals surface area (Å²) >= 11 is 0. The third-order valence-electron chi connectivity index (χ3n) is 6.80. The number of carbonyl (C=O) groups is 2. The van der Waals surface area contributed by atoms with Crippen molar-refractivity contribution in [2.45, 2.75) is 103 Å². The van der Waals surface area contributed by atoms with E-state index in [1.807, 2.05) is 52.0 Å². The fourth-order valence-electron chi connectivity index (χ4n) is 4.28. The van der Waals surface area contributed by atoms with E-state index in [2.05, 4.69) is 10.6 Å². The first-order chi connectivity index (χ1) is 21.8. The zero-order valence-electron chi connectivity index (χ0n) is 28.2. The van der Waals surface area contributed by atoms with E-state index < -0.39 is 48.8 Å². The molecule has 2 aromatic carbocycles. The summed E-state index contributed by atoms with van der Waals surface area (Å²) in [6.07, 6.45) is -6.28. The standard InChI is InChI=1S/C34H52N2O10/c1-21(2)35-31(45-27-13-9-25(10-14-27)17-19-41-7)23(5)43-33(39)29(37)30(38)34(40)44-24(6)32(36-22(3)4)46-28-15-11-26(12-16-28)18-20-42-8/h9-16,21-24,29-32,35-38H,17-20H2,1-8H3. The van der Waals surface area contributed by atoms with Crippen molar-refractivity contribution in [3.63, 3.8) is 0 Å². The van der Waals surface area contributed by atoms with E-state index in [1.165, 1.54) is 0 Å². The highest BCUT2D eigenvalue weighted by Crippen LogP contribution is 2.19. The van der Waals surface area contributed by atoms with Gasteiger partial charge in [-0.1, -0.05) is 24.3 Å². The summed E-state index contributed by atoms with van der Waals surface area (Å²) in [5.74, 6) is -1.34. The third kappa shape index (κ3) is 13.6. The predicted molar refractivity (Wildman–Crippen MR) is 173 cm³/mol. The maximum absolute atomic E-state index is 12.8. The Balaban J connectivity index is 2.00. The Labute approximate surface area is 272 Å². The Kier molecular flexibility index (Phi) is 17.0. The molecular formula is C34H52N2O10. The first kappa shape index (κ1) is 38.9. The van der Waals surface area contributed by atoms with Crippen LogP contribution in [0.2, 0.25) is 0 Å². The number of rotatable bonds is 21. The summed E-state index contributed by atoms with van der Waals surface area (Å²) < 4.78 is 33.1. The Morgan fingerprint density at radius 3 is 1.22 bits per heavy atom. The van der Waals surface area contributed by atoms with Crippen LogP contribution in [0.3, 0.4) is 0 Å². The minimum atomic E-state index is -2.20. The summed E-state index contributed by atoms with van der Waals surface area (Å²) in [5, 5.41) is 27.4. The molecule has 0 saturated heterocycles. The van der Waals surface area contributed by atoms with Crippen LogP contribution in [0.1, 0.15) is 52.7 Å². The number of esters is 2. The molecule has 0 radical (unpaired) electrons. The molecule has 2 aromatic rings. The van der Waals surface area contributed by atoms with Crippen LogP contribution in [0.4, 0.5) is 0 Å². The van der Waals surface area contributed by atoms with Crippen LogP contribution in [-0.4, -0.2) is 98.5 Å². The molecule has 12 nitrogen and oxygen atoms in total. The molecule has 0 aliphatic carbocycles. The lowest BCUT2D eigenvalue weighted by Gasteiger charge is -2.30. The highest BCUT2D eigenvalue weighted by molar-refractivity contribution is 5.85. The van der Waals surface area contributed by atoms with Crippen LogP contribution < -0.4 is 20.1 Å². The van der Waals surface area contributed by atoms with E-state index in [0.29, 0.717) is 24.7 Å². The molecule has 258 valence electrons. The SMILES string of the molecule is COCCc1ccc(OC(NC(C)C)C(C)OC(=O)C(O)C(O)C(=O)OC(C)C(NC(C)C)Oc2ccc(CCOC)cc2)cc1. The summed E-state index contributed by atoms with van der Waals surface area (Å²) in [6, 6.07) is 14.8. The largest absolute Gasteiger partial charge is 0.471 e. The number of benzene rings is 2. The summed E-state index contributed by atoms with van der Waals surface area (Å²) in [4.78, 5) is 25.6. The molecule has 0 aromatic heterocycles. The van der Waals surface area contributed by atoms with Crippen LogP contribution in [-0.2, 0) is 41.4 Å². The van der Waals surface area contributed by atoms with Crippen LogP contribution >= 0.6 is 0 Å². The van der Waals surface area contributed by atoms with Crippen LogP contribution in [0.25, 0.3) is 0 Å². The maximum atomic E-state index is 12.8. The quantitative estimate of drug-likeness (QED) is 0.116. The Morgan fingerprint density at radius 1 is 0.609 bits per heavy atom. The number of methoxy groups -OCH3 is 2. The highest BCUT2D eigenvalue weighted by atomic mass is 16.6. The lowest BCUT2D eigenvalue weighted by molar-refractivity contribution is -0.183. The van der Waals surface area contributed by atoms with Crippen molar-refractivity contribution in [3.05, 3.63) is 59.7 Å². The monoisotopic (exact) mass is 648 g/mol. The highest BCUT2D eigenvalue weighted by Gasteiger charge is 2.37. The zero-order valence-corrected chi connectivity index (χ0v) is 28.2. The summed E-state index contributed by atoms with van der Waals surface area (Å²) in [5.41, 5.74) is 2.15. The van der Waals surface area contributed by atoms with Crippen molar-refractivity contribution < 1.29 is 48.2 Å². The molecule has 12 heteroatoms. The van der Waals surface area contributed by atoms with Gasteiger partial charge in [0.25, 0.3) is 0 Å². The number of hydrogen-bond acceptors (Lipinski definition) is 12. The third-order valence-corrected chi connectivity index (χ3v) is 6.80. The lowest BCUT2D eigenvalue weighted by atomic mass is 10.1. The fourth-order valence-corrected chi connectivity index (χ4v) is 4.28. The Hall–Kier alpha value is -3.26. The maximum Gasteiger partial charge on any atom is 0.338 e. The molecular weight excluding hydrogens is 596 g/mol. The Bertz CT molecular complexity index is 1070. The van der Waals surface area contributed by atoms with E-state index >= 15 is 0 Å². The molecule has 2 rings (SSSR count). The van der Waals surface area contributed by atoms with Gasteiger partial charge < -0.3 is 38.6 Å². The van der Waals surface area contributed by atoms with Gasteiger partial charge in [0, 0.05) is 26.3 Å². The van der Waals surface area contributed by atoms with Gasteiger partial charge in [-0.2, -0.15) is 0 Å². The molecule has 4 N–H and O–H groups in total. The van der Waals surface area contributed by atoms with Gasteiger partial charge in [0.1, 0.15) is 23.7 Å². The lowest BCUT2D eigenvalue weighted by Crippen LogP contribution is -2.51. The van der Waals surface area contributed by atoms with Gasteiger partial charge in [0.15, 0.2) is 24.7 Å². The van der Waals surface area contributed by atoms with Gasteiger partial charge >= 0.3 is 11.9 Å². The minimum Gasteiger partial charge on any atom is -0.471 e. The van der Waals surface area contributed by atoms with E-state index in [0.717, 1.165) is 24.0 Å². The van der Waals surface area contributed by atoms with Crippen molar-refractivity contribution in [1.82, 2.24) is 10.6 Å². The van der Waals surface area contributed by atoms with E-state index in [-0.39, 0.29) is 12.1 Å². The van der Waals surface area contributed by atoms with Crippen LogP contribution in [0.5, 0.6) is 11.5 Å². The first-order valence-corrected chi connectivity index (χ1v) is 15.6. The molecule has 0 aliphatic heterocycles. The van der Waals surface area contributed by atoms with Gasteiger partial charge in [-0.15, -0.1) is 0 Å².